The maximum atomic E-state index is 13.6. The molecule has 0 bridgehead atoms. The zero-order valence-corrected chi connectivity index (χ0v) is 26.9. The number of carbonyl (C=O) groups is 2. The lowest BCUT2D eigenvalue weighted by atomic mass is 9.95. The second kappa shape index (κ2) is 15.8. The molecule has 1 unspecified atom stereocenters. The molecule has 1 amide bonds. The molecule has 5 rings (SSSR count). The predicted octanol–water partition coefficient (Wildman–Crippen LogP) is 5.84. The lowest BCUT2D eigenvalue weighted by molar-refractivity contribution is -0.140. The van der Waals surface area contributed by atoms with Crippen molar-refractivity contribution in [3.8, 4) is 17.2 Å². The van der Waals surface area contributed by atoms with Crippen LogP contribution >= 0.6 is 0 Å². The topological polar surface area (TPSA) is 97.8 Å². The van der Waals surface area contributed by atoms with Crippen LogP contribution in [0.2, 0.25) is 0 Å². The second-order valence-corrected chi connectivity index (χ2v) is 12.0. The lowest BCUT2D eigenvalue weighted by Crippen LogP contribution is -2.39. The number of rotatable bonds is 14. The predicted molar refractivity (Wildman–Crippen MR) is 176 cm³/mol. The third kappa shape index (κ3) is 8.08. The van der Waals surface area contributed by atoms with E-state index < -0.39 is 17.7 Å². The number of Topliss-reactive ketones (excluding diaryl/α,β-unsaturated/α-hetero) is 1. The van der Waals surface area contributed by atoms with E-state index in [9.17, 15) is 14.7 Å². The van der Waals surface area contributed by atoms with Gasteiger partial charge in [-0.2, -0.15) is 0 Å². The quantitative estimate of drug-likeness (QED) is 0.135. The van der Waals surface area contributed by atoms with Crippen molar-refractivity contribution in [1.29, 1.82) is 0 Å². The van der Waals surface area contributed by atoms with E-state index in [1.54, 1.807) is 48.4 Å². The summed E-state index contributed by atoms with van der Waals surface area (Å²) in [5, 5.41) is 11.6. The minimum Gasteiger partial charge on any atom is -0.507 e. The molecule has 0 aromatic heterocycles. The van der Waals surface area contributed by atoms with Gasteiger partial charge in [-0.25, -0.2) is 0 Å². The van der Waals surface area contributed by atoms with Gasteiger partial charge in [-0.05, 0) is 66.3 Å². The number of ether oxygens (including phenoxy) is 4. The Labute approximate surface area is 271 Å². The van der Waals surface area contributed by atoms with E-state index in [2.05, 4.69) is 18.7 Å². The summed E-state index contributed by atoms with van der Waals surface area (Å²) in [7, 11) is 1.56. The second-order valence-electron chi connectivity index (χ2n) is 12.0. The van der Waals surface area contributed by atoms with E-state index in [-0.39, 0.29) is 11.3 Å². The van der Waals surface area contributed by atoms with E-state index in [0.717, 1.165) is 31.6 Å². The molecule has 3 aromatic carbocycles. The Hall–Kier alpha value is -4.34. The van der Waals surface area contributed by atoms with Crippen LogP contribution in [0.1, 0.15) is 49.4 Å². The van der Waals surface area contributed by atoms with E-state index in [1.807, 2.05) is 36.4 Å². The van der Waals surface area contributed by atoms with Gasteiger partial charge in [-0.1, -0.05) is 50.2 Å². The fraction of sp³-hybridized carbons (Fsp3) is 0.405. The minimum atomic E-state index is -0.794. The Bertz CT molecular complexity index is 1500. The SMILES string of the molecule is COc1cc(C2/C(=C(\O)c3ccc(OCc4ccccc4)cc3)C(=O)C(=O)N2CCCN2CCOCC2)ccc1OCCC(C)C. The smallest absolute Gasteiger partial charge is 0.295 e. The molecule has 46 heavy (non-hydrogen) atoms. The summed E-state index contributed by atoms with van der Waals surface area (Å²) in [5.41, 5.74) is 2.16. The lowest BCUT2D eigenvalue weighted by Gasteiger charge is -2.29. The molecule has 2 aliphatic heterocycles. The third-order valence-electron chi connectivity index (χ3n) is 8.35. The van der Waals surface area contributed by atoms with Crippen molar-refractivity contribution in [3.63, 3.8) is 0 Å². The number of methoxy groups -OCH3 is 1. The molecular weight excluding hydrogens is 584 g/mol. The summed E-state index contributed by atoms with van der Waals surface area (Å²) in [5.74, 6) is 0.625. The first kappa shape index (κ1) is 33.0. The summed E-state index contributed by atoms with van der Waals surface area (Å²) in [6.45, 7) is 9.39. The van der Waals surface area contributed by atoms with E-state index >= 15 is 0 Å². The highest BCUT2D eigenvalue weighted by atomic mass is 16.5. The summed E-state index contributed by atoms with van der Waals surface area (Å²) >= 11 is 0. The number of nitrogens with zero attached hydrogens (tertiary/aromatic N) is 2. The molecule has 1 atom stereocenters. The standard InChI is InChI=1S/C37H44N2O7/c1-26(2)16-21-45-31-15-12-29(24-32(31)43-3)34-33(36(41)37(42)39(34)18-7-17-38-19-22-44-23-20-38)35(40)28-10-13-30(14-11-28)46-25-27-8-5-4-6-9-27/h4-6,8-15,24,26,34,40H,7,16-23,25H2,1-3H3/b35-33+. The van der Waals surface area contributed by atoms with Crippen LogP contribution in [-0.2, 0) is 20.9 Å². The number of aliphatic hydroxyl groups is 1. The van der Waals surface area contributed by atoms with Crippen LogP contribution in [0.15, 0.2) is 78.4 Å². The number of amides is 1. The minimum absolute atomic E-state index is 0.0462. The molecule has 0 spiro atoms. The molecule has 0 aliphatic carbocycles. The molecule has 2 heterocycles. The van der Waals surface area contributed by atoms with Gasteiger partial charge in [0.2, 0.25) is 0 Å². The average molecular weight is 629 g/mol. The highest BCUT2D eigenvalue weighted by molar-refractivity contribution is 6.46. The zero-order valence-electron chi connectivity index (χ0n) is 26.9. The van der Waals surface area contributed by atoms with Crippen LogP contribution in [0.4, 0.5) is 0 Å². The van der Waals surface area contributed by atoms with Crippen LogP contribution in [0.5, 0.6) is 17.2 Å². The van der Waals surface area contributed by atoms with Gasteiger partial charge in [-0.15, -0.1) is 0 Å². The Morgan fingerprint density at radius 2 is 1.67 bits per heavy atom. The molecule has 9 nitrogen and oxygen atoms in total. The van der Waals surface area contributed by atoms with Gasteiger partial charge in [0, 0.05) is 31.7 Å². The van der Waals surface area contributed by atoms with Crippen LogP contribution in [0, 0.1) is 5.92 Å². The summed E-state index contributed by atoms with van der Waals surface area (Å²) < 4.78 is 23.0. The molecule has 2 fully saturated rings. The van der Waals surface area contributed by atoms with Gasteiger partial charge in [0.1, 0.15) is 18.1 Å². The largest absolute Gasteiger partial charge is 0.507 e. The molecule has 244 valence electrons. The monoisotopic (exact) mass is 628 g/mol. The van der Waals surface area contributed by atoms with Gasteiger partial charge in [-0.3, -0.25) is 14.5 Å². The van der Waals surface area contributed by atoms with Gasteiger partial charge in [0.15, 0.2) is 11.5 Å². The highest BCUT2D eigenvalue weighted by Gasteiger charge is 2.46. The number of ketones is 1. The number of aliphatic hydroxyl groups excluding tert-OH is 1. The van der Waals surface area contributed by atoms with E-state index in [0.29, 0.717) is 73.7 Å². The van der Waals surface area contributed by atoms with Gasteiger partial charge >= 0.3 is 0 Å². The van der Waals surface area contributed by atoms with Crippen molar-refractivity contribution in [1.82, 2.24) is 9.80 Å². The molecule has 1 N–H and O–H groups in total. The fourth-order valence-electron chi connectivity index (χ4n) is 5.73. The van der Waals surface area contributed by atoms with Crippen molar-refractivity contribution in [3.05, 3.63) is 95.1 Å². The molecule has 0 radical (unpaired) electrons. The first-order valence-corrected chi connectivity index (χ1v) is 16.0. The Kier molecular flexibility index (Phi) is 11.3. The normalized spacial score (nSPS) is 18.3. The molecule has 2 saturated heterocycles. The number of carbonyl (C=O) groups excluding carboxylic acids is 2. The van der Waals surface area contributed by atoms with Gasteiger partial charge in [0.05, 0.1) is 38.5 Å². The molecule has 0 saturated carbocycles. The summed E-state index contributed by atoms with van der Waals surface area (Å²) in [6.07, 6.45) is 1.56. The number of morpholine rings is 1. The fourth-order valence-corrected chi connectivity index (χ4v) is 5.73. The number of hydrogen-bond donors (Lipinski definition) is 1. The van der Waals surface area contributed by atoms with Crippen LogP contribution in [0.3, 0.4) is 0 Å². The maximum absolute atomic E-state index is 13.6. The summed E-state index contributed by atoms with van der Waals surface area (Å²) in [4.78, 5) is 31.0. The van der Waals surface area contributed by atoms with Crippen LogP contribution < -0.4 is 14.2 Å². The summed E-state index contributed by atoms with van der Waals surface area (Å²) in [6, 6.07) is 21.4. The van der Waals surface area contributed by atoms with Crippen molar-refractivity contribution >= 4 is 17.4 Å². The van der Waals surface area contributed by atoms with Crippen LogP contribution in [0.25, 0.3) is 5.76 Å². The van der Waals surface area contributed by atoms with E-state index in [1.165, 1.54) is 0 Å². The Morgan fingerprint density at radius 1 is 0.935 bits per heavy atom. The maximum Gasteiger partial charge on any atom is 0.295 e. The molecule has 2 aliphatic rings. The third-order valence-corrected chi connectivity index (χ3v) is 8.35. The first-order valence-electron chi connectivity index (χ1n) is 16.0. The first-order chi connectivity index (χ1) is 22.4. The Morgan fingerprint density at radius 3 is 2.37 bits per heavy atom. The number of likely N-dealkylation sites (tertiary alicyclic amines) is 1. The van der Waals surface area contributed by atoms with Crippen molar-refractivity contribution < 1.29 is 33.6 Å². The Balaban J connectivity index is 1.43. The molecule has 9 heteroatoms. The van der Waals surface area contributed by atoms with Crippen molar-refractivity contribution in [2.45, 2.75) is 39.3 Å². The van der Waals surface area contributed by atoms with Crippen LogP contribution in [-0.4, -0.2) is 79.7 Å². The average Bonchev–Trinajstić information content (AvgIpc) is 3.33. The van der Waals surface area contributed by atoms with Crippen molar-refractivity contribution in [2.24, 2.45) is 5.92 Å². The molecular formula is C37H44N2O7. The van der Waals surface area contributed by atoms with Crippen molar-refractivity contribution in [2.75, 3.05) is 53.1 Å². The van der Waals surface area contributed by atoms with Gasteiger partial charge in [0.25, 0.3) is 11.7 Å². The highest BCUT2D eigenvalue weighted by Crippen LogP contribution is 2.42. The number of benzene rings is 3. The number of hydrogen-bond acceptors (Lipinski definition) is 8. The van der Waals surface area contributed by atoms with E-state index in [4.69, 9.17) is 18.9 Å². The zero-order chi connectivity index (χ0) is 32.5. The van der Waals surface area contributed by atoms with Gasteiger partial charge < -0.3 is 29.0 Å². The molecule has 3 aromatic rings.